The van der Waals surface area contributed by atoms with Gasteiger partial charge in [-0.1, -0.05) is 17.8 Å². The number of thioether (sulfide) groups is 1. The first kappa shape index (κ1) is 15.9. The maximum atomic E-state index is 5.95. The number of aryl methyl sites for hydroxylation is 2. The summed E-state index contributed by atoms with van der Waals surface area (Å²) in [5, 5.41) is 9.17. The predicted octanol–water partition coefficient (Wildman–Crippen LogP) is 1.43. The monoisotopic (exact) mass is 332 g/mol. The van der Waals surface area contributed by atoms with Gasteiger partial charge in [0.15, 0.2) is 5.16 Å². The molecule has 3 rings (SSSR count). The molecule has 0 saturated carbocycles. The minimum atomic E-state index is 0.0695. The van der Waals surface area contributed by atoms with Crippen LogP contribution in [0.4, 0.5) is 0 Å². The van der Waals surface area contributed by atoms with Crippen molar-refractivity contribution in [2.75, 3.05) is 5.75 Å². The van der Waals surface area contributed by atoms with Crippen LogP contribution in [0, 0.1) is 13.8 Å². The van der Waals surface area contributed by atoms with Crippen LogP contribution in [0.1, 0.15) is 22.9 Å². The fraction of sp³-hybridized carbons (Fsp3) is 0.467. The number of nitrogens with two attached hydrogens (primary N) is 1. The van der Waals surface area contributed by atoms with Crippen LogP contribution in [0.2, 0.25) is 0 Å². The van der Waals surface area contributed by atoms with Crippen molar-refractivity contribution in [3.05, 3.63) is 35.6 Å². The van der Waals surface area contributed by atoms with Gasteiger partial charge >= 0.3 is 0 Å². The van der Waals surface area contributed by atoms with Crippen LogP contribution in [-0.4, -0.2) is 36.6 Å². The van der Waals surface area contributed by atoms with Crippen LogP contribution in [0.15, 0.2) is 17.8 Å². The lowest BCUT2D eigenvalue weighted by molar-refractivity contribution is 0.250. The number of nitrogens with zero attached hydrogens (tertiary/aromatic N) is 5. The lowest BCUT2D eigenvalue weighted by Gasteiger charge is -2.10. The van der Waals surface area contributed by atoms with Gasteiger partial charge in [0.1, 0.15) is 17.8 Å². The summed E-state index contributed by atoms with van der Waals surface area (Å²) < 4.78 is 7.93. The van der Waals surface area contributed by atoms with E-state index in [-0.39, 0.29) is 6.10 Å². The third kappa shape index (κ3) is 3.23. The number of fused-ring (bicyclic) bond motifs is 1. The molecule has 1 unspecified atom stereocenters. The van der Waals surface area contributed by atoms with Crippen molar-refractivity contribution < 1.29 is 4.74 Å². The van der Waals surface area contributed by atoms with Gasteiger partial charge in [-0.2, -0.15) is 4.98 Å². The van der Waals surface area contributed by atoms with E-state index in [1.54, 1.807) is 11.8 Å². The summed E-state index contributed by atoms with van der Waals surface area (Å²) in [6, 6.07) is 0. The van der Waals surface area contributed by atoms with Gasteiger partial charge in [-0.3, -0.25) is 0 Å². The van der Waals surface area contributed by atoms with E-state index in [4.69, 9.17) is 10.5 Å². The Morgan fingerprint density at radius 3 is 2.96 bits per heavy atom. The number of hydrogen-bond acceptors (Lipinski definition) is 7. The number of allylic oxidation sites excluding steroid dienone is 1. The van der Waals surface area contributed by atoms with Crippen molar-refractivity contribution in [1.82, 2.24) is 24.7 Å². The fourth-order valence-electron chi connectivity index (χ4n) is 2.61. The van der Waals surface area contributed by atoms with E-state index in [0.29, 0.717) is 13.1 Å². The standard InChI is InChI=1S/C15H20N6OS/c1-4-5-21-13(7-16)19-20-15(21)23-8-11-6-12-9(2)17-10(3)18-14(12)22-11/h4,11H,1,5-8,16H2,2-3H3. The predicted molar refractivity (Wildman–Crippen MR) is 88.5 cm³/mol. The van der Waals surface area contributed by atoms with E-state index in [2.05, 4.69) is 26.7 Å². The van der Waals surface area contributed by atoms with Gasteiger partial charge in [0.2, 0.25) is 5.88 Å². The maximum Gasteiger partial charge on any atom is 0.220 e. The van der Waals surface area contributed by atoms with Gasteiger partial charge in [0, 0.05) is 30.0 Å². The van der Waals surface area contributed by atoms with E-state index in [1.165, 1.54) is 0 Å². The Kier molecular flexibility index (Phi) is 4.63. The Morgan fingerprint density at radius 1 is 1.39 bits per heavy atom. The first-order chi connectivity index (χ1) is 11.1. The average molecular weight is 332 g/mol. The highest BCUT2D eigenvalue weighted by Crippen LogP contribution is 2.31. The quantitative estimate of drug-likeness (QED) is 0.632. The molecule has 2 N–H and O–H groups in total. The second kappa shape index (κ2) is 6.67. The smallest absolute Gasteiger partial charge is 0.220 e. The van der Waals surface area contributed by atoms with Gasteiger partial charge in [-0.05, 0) is 13.8 Å². The van der Waals surface area contributed by atoms with Crippen molar-refractivity contribution in [3.63, 3.8) is 0 Å². The molecule has 2 aromatic rings. The van der Waals surface area contributed by atoms with E-state index >= 15 is 0 Å². The zero-order valence-corrected chi connectivity index (χ0v) is 14.1. The molecule has 0 radical (unpaired) electrons. The van der Waals surface area contributed by atoms with E-state index in [1.807, 2.05) is 24.5 Å². The second-order valence-electron chi connectivity index (χ2n) is 5.40. The van der Waals surface area contributed by atoms with Crippen molar-refractivity contribution in [2.45, 2.75) is 44.6 Å². The van der Waals surface area contributed by atoms with E-state index < -0.39 is 0 Å². The normalized spacial score (nSPS) is 16.2. The largest absolute Gasteiger partial charge is 0.473 e. The van der Waals surface area contributed by atoms with Crippen LogP contribution in [0.5, 0.6) is 5.88 Å². The molecule has 0 saturated heterocycles. The molecule has 7 nitrogen and oxygen atoms in total. The van der Waals surface area contributed by atoms with Crippen LogP contribution in [-0.2, 0) is 19.5 Å². The zero-order chi connectivity index (χ0) is 16.4. The molecule has 0 spiro atoms. The molecule has 3 heterocycles. The summed E-state index contributed by atoms with van der Waals surface area (Å²) in [6.07, 6.45) is 2.71. The van der Waals surface area contributed by atoms with Gasteiger partial charge in [0.25, 0.3) is 0 Å². The van der Waals surface area contributed by atoms with Gasteiger partial charge < -0.3 is 15.0 Å². The molecule has 1 aliphatic heterocycles. The van der Waals surface area contributed by atoms with Crippen molar-refractivity contribution in [1.29, 1.82) is 0 Å². The Labute approximate surface area is 139 Å². The van der Waals surface area contributed by atoms with Crippen LogP contribution < -0.4 is 10.5 Å². The minimum absolute atomic E-state index is 0.0695. The highest BCUT2D eigenvalue weighted by molar-refractivity contribution is 7.99. The summed E-state index contributed by atoms with van der Waals surface area (Å²) in [4.78, 5) is 8.78. The summed E-state index contributed by atoms with van der Waals surface area (Å²) >= 11 is 1.61. The number of hydrogen-bond donors (Lipinski definition) is 1. The molecule has 23 heavy (non-hydrogen) atoms. The number of aromatic nitrogens is 5. The molecule has 1 aliphatic rings. The first-order valence-corrected chi connectivity index (χ1v) is 8.47. The lowest BCUT2D eigenvalue weighted by atomic mass is 10.1. The van der Waals surface area contributed by atoms with E-state index in [9.17, 15) is 0 Å². The Hall–Kier alpha value is -1.93. The Morgan fingerprint density at radius 2 is 2.22 bits per heavy atom. The number of rotatable bonds is 6. The SMILES string of the molecule is C=CCn1c(CN)nnc1SCC1Cc2c(C)nc(C)nc2O1. The molecule has 2 aromatic heterocycles. The highest BCUT2D eigenvalue weighted by Gasteiger charge is 2.27. The molecular formula is C15H20N6OS. The van der Waals surface area contributed by atoms with Gasteiger partial charge in [0.05, 0.1) is 6.54 Å². The lowest BCUT2D eigenvalue weighted by Crippen LogP contribution is -2.17. The summed E-state index contributed by atoms with van der Waals surface area (Å²) in [5.41, 5.74) is 7.80. The molecule has 0 bridgehead atoms. The molecule has 1 atom stereocenters. The third-order valence-corrected chi connectivity index (χ3v) is 4.78. The third-order valence-electron chi connectivity index (χ3n) is 3.68. The zero-order valence-electron chi connectivity index (χ0n) is 13.3. The van der Waals surface area contributed by atoms with Gasteiger partial charge in [-0.15, -0.1) is 16.8 Å². The highest BCUT2D eigenvalue weighted by atomic mass is 32.2. The molecular weight excluding hydrogens is 312 g/mol. The maximum absolute atomic E-state index is 5.95. The number of ether oxygens (including phenoxy) is 1. The molecule has 122 valence electrons. The van der Waals surface area contributed by atoms with E-state index in [0.717, 1.165) is 46.1 Å². The van der Waals surface area contributed by atoms with Crippen LogP contribution >= 0.6 is 11.8 Å². The minimum Gasteiger partial charge on any atom is -0.473 e. The molecule has 0 fully saturated rings. The van der Waals surface area contributed by atoms with Crippen LogP contribution in [0.3, 0.4) is 0 Å². The van der Waals surface area contributed by atoms with Crippen molar-refractivity contribution >= 4 is 11.8 Å². The van der Waals surface area contributed by atoms with Crippen molar-refractivity contribution in [2.24, 2.45) is 5.73 Å². The first-order valence-electron chi connectivity index (χ1n) is 7.49. The Balaban J connectivity index is 1.68. The second-order valence-corrected chi connectivity index (χ2v) is 6.38. The topological polar surface area (TPSA) is 91.7 Å². The van der Waals surface area contributed by atoms with Crippen molar-refractivity contribution in [3.8, 4) is 5.88 Å². The van der Waals surface area contributed by atoms with Gasteiger partial charge in [-0.25, -0.2) is 4.98 Å². The summed E-state index contributed by atoms with van der Waals surface area (Å²) in [5.74, 6) is 3.00. The summed E-state index contributed by atoms with van der Waals surface area (Å²) in [6.45, 7) is 8.66. The Bertz CT molecular complexity index is 729. The molecule has 0 aromatic carbocycles. The molecule has 0 amide bonds. The molecule has 8 heteroatoms. The van der Waals surface area contributed by atoms with Crippen LogP contribution in [0.25, 0.3) is 0 Å². The summed E-state index contributed by atoms with van der Waals surface area (Å²) in [7, 11) is 0. The fourth-order valence-corrected chi connectivity index (χ4v) is 3.57. The molecule has 0 aliphatic carbocycles. The average Bonchev–Trinajstić information content (AvgIpc) is 3.09.